The van der Waals surface area contributed by atoms with Gasteiger partial charge in [0, 0.05) is 21.6 Å². The van der Waals surface area contributed by atoms with E-state index in [1.807, 2.05) is 18.2 Å². The molecule has 5 nitrogen and oxygen atoms in total. The van der Waals surface area contributed by atoms with Crippen molar-refractivity contribution in [1.82, 2.24) is 15.0 Å². The molecule has 0 N–H and O–H groups in total. The first-order valence-corrected chi connectivity index (χ1v) is 16.8. The summed E-state index contributed by atoms with van der Waals surface area (Å²) in [5.74, 6) is 3.48. The predicted molar refractivity (Wildman–Crippen MR) is 183 cm³/mol. The van der Waals surface area contributed by atoms with Crippen molar-refractivity contribution in [3.63, 3.8) is 0 Å². The summed E-state index contributed by atoms with van der Waals surface area (Å²) in [7, 11) is 0. The van der Waals surface area contributed by atoms with Gasteiger partial charge in [-0.05, 0) is 63.8 Å². The van der Waals surface area contributed by atoms with Gasteiger partial charge in [0.1, 0.15) is 11.5 Å². The molecule has 0 bridgehead atoms. The molecule has 0 aliphatic heterocycles. The molecule has 0 fully saturated rings. The van der Waals surface area contributed by atoms with Crippen LogP contribution in [0.1, 0.15) is 74.1 Å². The second-order valence-corrected chi connectivity index (χ2v) is 12.2. The van der Waals surface area contributed by atoms with E-state index in [1.54, 1.807) is 0 Å². The predicted octanol–water partition coefficient (Wildman–Crippen LogP) is 10.0. The summed E-state index contributed by atoms with van der Waals surface area (Å²) in [6, 6.07) is 18.8. The minimum atomic E-state index is 0.599. The van der Waals surface area contributed by atoms with Crippen molar-refractivity contribution in [3.8, 4) is 45.7 Å². The highest BCUT2D eigenvalue weighted by Gasteiger charge is 2.18. The smallest absolute Gasteiger partial charge is 0.167 e. The Balaban J connectivity index is 1.72. The molecule has 0 aliphatic carbocycles. The van der Waals surface area contributed by atoms with Crippen LogP contribution in [0.4, 0.5) is 0 Å². The standard InChI is InChI=1S/C36H44IN3O2/c1-6-7-8-9-10-11-20-41-29-15-18-32(33(24-29)42-21-12-19-37)36-39-34(30-16-13-25(2)22-27(30)4)38-35(40-36)31-17-14-26(3)23-28(31)5/h13-18,22-24H,6-12,19-21H2,1-5H3. The van der Waals surface area contributed by atoms with E-state index < -0.39 is 0 Å². The molecule has 1 aromatic heterocycles. The number of hydrogen-bond acceptors (Lipinski definition) is 5. The Labute approximate surface area is 265 Å². The number of aryl methyl sites for hydroxylation is 4. The van der Waals surface area contributed by atoms with E-state index in [9.17, 15) is 0 Å². The third-order valence-electron chi connectivity index (χ3n) is 7.38. The van der Waals surface area contributed by atoms with Crippen LogP contribution in [0.5, 0.6) is 11.5 Å². The Morgan fingerprint density at radius 2 is 1.10 bits per heavy atom. The van der Waals surface area contributed by atoms with Crippen molar-refractivity contribution in [1.29, 1.82) is 0 Å². The molecule has 6 heteroatoms. The van der Waals surface area contributed by atoms with Gasteiger partial charge in [-0.2, -0.15) is 0 Å². The van der Waals surface area contributed by atoms with Gasteiger partial charge >= 0.3 is 0 Å². The Hall–Kier alpha value is -3.00. The average Bonchev–Trinajstić information content (AvgIpc) is 2.97. The van der Waals surface area contributed by atoms with Crippen LogP contribution in [0.2, 0.25) is 0 Å². The van der Waals surface area contributed by atoms with Gasteiger partial charge in [0.15, 0.2) is 17.5 Å². The Bertz CT molecular complexity index is 1400. The number of nitrogens with zero attached hydrogens (tertiary/aromatic N) is 3. The number of aromatic nitrogens is 3. The minimum absolute atomic E-state index is 0.599. The topological polar surface area (TPSA) is 57.1 Å². The van der Waals surface area contributed by atoms with Crippen molar-refractivity contribution in [2.75, 3.05) is 17.6 Å². The number of rotatable bonds is 15. The van der Waals surface area contributed by atoms with Crippen LogP contribution in [-0.4, -0.2) is 32.6 Å². The summed E-state index contributed by atoms with van der Waals surface area (Å²) >= 11 is 2.39. The van der Waals surface area contributed by atoms with Crippen LogP contribution in [0, 0.1) is 27.7 Å². The van der Waals surface area contributed by atoms with E-state index in [0.717, 1.165) is 56.6 Å². The van der Waals surface area contributed by atoms with E-state index in [4.69, 9.17) is 24.4 Å². The zero-order valence-corrected chi connectivity index (χ0v) is 28.0. The fourth-order valence-electron chi connectivity index (χ4n) is 5.07. The molecule has 0 saturated carbocycles. The third-order valence-corrected chi connectivity index (χ3v) is 8.14. The van der Waals surface area contributed by atoms with Crippen molar-refractivity contribution >= 4 is 22.6 Å². The van der Waals surface area contributed by atoms with Crippen LogP contribution in [0.3, 0.4) is 0 Å². The second-order valence-electron chi connectivity index (χ2n) is 11.1. The highest BCUT2D eigenvalue weighted by molar-refractivity contribution is 14.1. The molecular formula is C36H44IN3O2. The van der Waals surface area contributed by atoms with Crippen LogP contribution < -0.4 is 9.47 Å². The Morgan fingerprint density at radius 3 is 1.67 bits per heavy atom. The zero-order valence-electron chi connectivity index (χ0n) is 25.8. The van der Waals surface area contributed by atoms with E-state index >= 15 is 0 Å². The summed E-state index contributed by atoms with van der Waals surface area (Å²) < 4.78 is 13.5. The van der Waals surface area contributed by atoms with Crippen LogP contribution >= 0.6 is 22.6 Å². The molecule has 3 aromatic carbocycles. The fourth-order valence-corrected chi connectivity index (χ4v) is 5.38. The number of hydrogen-bond donors (Lipinski definition) is 0. The largest absolute Gasteiger partial charge is 0.493 e. The van der Waals surface area contributed by atoms with Crippen LogP contribution in [0.25, 0.3) is 34.2 Å². The monoisotopic (exact) mass is 677 g/mol. The second kappa shape index (κ2) is 16.0. The number of halogens is 1. The summed E-state index contributed by atoms with van der Waals surface area (Å²) in [6.45, 7) is 12.0. The van der Waals surface area contributed by atoms with E-state index in [-0.39, 0.29) is 0 Å². The van der Waals surface area contributed by atoms with Gasteiger partial charge in [-0.15, -0.1) is 0 Å². The third kappa shape index (κ3) is 8.76. The van der Waals surface area contributed by atoms with Gasteiger partial charge in [-0.25, -0.2) is 15.0 Å². The van der Waals surface area contributed by atoms with Crippen molar-refractivity contribution < 1.29 is 9.47 Å². The van der Waals surface area contributed by atoms with Crippen molar-refractivity contribution in [2.24, 2.45) is 0 Å². The van der Waals surface area contributed by atoms with Crippen molar-refractivity contribution in [3.05, 3.63) is 76.9 Å². The lowest BCUT2D eigenvalue weighted by molar-refractivity contribution is 0.295. The lowest BCUT2D eigenvalue weighted by atomic mass is 10.0. The molecule has 42 heavy (non-hydrogen) atoms. The van der Waals surface area contributed by atoms with Gasteiger partial charge < -0.3 is 9.47 Å². The first-order valence-electron chi connectivity index (χ1n) is 15.3. The lowest BCUT2D eigenvalue weighted by Crippen LogP contribution is -2.05. The number of alkyl halides is 1. The zero-order chi connectivity index (χ0) is 29.9. The molecule has 0 radical (unpaired) electrons. The van der Waals surface area contributed by atoms with Crippen LogP contribution in [-0.2, 0) is 0 Å². The molecule has 0 amide bonds. The number of benzene rings is 3. The normalized spacial score (nSPS) is 11.1. The quantitative estimate of drug-likeness (QED) is 0.0712. The highest BCUT2D eigenvalue weighted by atomic mass is 127. The molecule has 4 aromatic rings. The average molecular weight is 678 g/mol. The first kappa shape index (κ1) is 31.9. The number of unbranched alkanes of at least 4 members (excludes halogenated alkanes) is 5. The van der Waals surface area contributed by atoms with Gasteiger partial charge in [-0.1, -0.05) is 109 Å². The summed E-state index contributed by atoms with van der Waals surface area (Å²) in [4.78, 5) is 15.0. The minimum Gasteiger partial charge on any atom is -0.493 e. The summed E-state index contributed by atoms with van der Waals surface area (Å²) in [5, 5.41) is 0. The maximum atomic E-state index is 6.33. The Morgan fingerprint density at radius 1 is 0.571 bits per heavy atom. The highest BCUT2D eigenvalue weighted by Crippen LogP contribution is 2.35. The van der Waals surface area contributed by atoms with Gasteiger partial charge in [-0.3, -0.25) is 0 Å². The molecule has 222 valence electrons. The summed E-state index contributed by atoms with van der Waals surface area (Å²) in [5.41, 5.74) is 7.54. The molecule has 0 atom stereocenters. The maximum absolute atomic E-state index is 6.33. The van der Waals surface area contributed by atoms with E-state index in [1.165, 1.54) is 43.2 Å². The molecule has 0 saturated heterocycles. The summed E-state index contributed by atoms with van der Waals surface area (Å²) in [6.07, 6.45) is 8.37. The van der Waals surface area contributed by atoms with E-state index in [2.05, 4.69) is 93.6 Å². The van der Waals surface area contributed by atoms with Crippen molar-refractivity contribution in [2.45, 2.75) is 79.6 Å². The maximum Gasteiger partial charge on any atom is 0.167 e. The Kier molecular flexibility index (Phi) is 12.2. The van der Waals surface area contributed by atoms with Gasteiger partial charge in [0.2, 0.25) is 0 Å². The first-order chi connectivity index (χ1) is 20.4. The molecule has 0 spiro atoms. The van der Waals surface area contributed by atoms with Gasteiger partial charge in [0.25, 0.3) is 0 Å². The number of ether oxygens (including phenoxy) is 2. The molecular weight excluding hydrogens is 633 g/mol. The molecule has 1 heterocycles. The molecule has 4 rings (SSSR count). The molecule has 0 unspecified atom stereocenters. The molecule has 0 aliphatic rings. The van der Waals surface area contributed by atoms with E-state index in [0.29, 0.717) is 30.7 Å². The van der Waals surface area contributed by atoms with Crippen LogP contribution in [0.15, 0.2) is 54.6 Å². The fraction of sp³-hybridized carbons (Fsp3) is 0.417. The SMILES string of the molecule is CCCCCCCCOc1ccc(-c2nc(-c3ccc(C)cc3C)nc(-c3ccc(C)cc3C)n2)c(OCCCI)c1. The lowest BCUT2D eigenvalue weighted by Gasteiger charge is -2.15. The van der Waals surface area contributed by atoms with Gasteiger partial charge in [0.05, 0.1) is 18.8 Å².